The summed E-state index contributed by atoms with van der Waals surface area (Å²) in [6.45, 7) is 2.63. The van der Waals surface area contributed by atoms with E-state index in [1.54, 1.807) is 6.20 Å². The van der Waals surface area contributed by atoms with Gasteiger partial charge in [0.05, 0.1) is 17.1 Å². The molecule has 5 nitrogen and oxygen atoms in total. The first kappa shape index (κ1) is 23.9. The summed E-state index contributed by atoms with van der Waals surface area (Å²) in [5.74, 6) is 0. The highest BCUT2D eigenvalue weighted by Crippen LogP contribution is 2.34. The Morgan fingerprint density at radius 2 is 1.53 bits per heavy atom. The lowest BCUT2D eigenvalue weighted by molar-refractivity contribution is 0.319. The fourth-order valence-electron chi connectivity index (χ4n) is 5.04. The molecule has 0 fully saturated rings. The molecule has 5 aromatic rings. The van der Waals surface area contributed by atoms with Gasteiger partial charge in [0.15, 0.2) is 0 Å². The zero-order chi connectivity index (χ0) is 25.9. The third kappa shape index (κ3) is 5.15. The Morgan fingerprint density at radius 1 is 0.816 bits per heavy atom. The molecule has 1 aliphatic rings. The molecular weight excluding hydrogens is 466 g/mol. The third-order valence-electron chi connectivity index (χ3n) is 6.96. The zero-order valence-electron chi connectivity index (χ0n) is 21.8. The van der Waals surface area contributed by atoms with Crippen molar-refractivity contribution in [3.8, 4) is 28.1 Å². The van der Waals surface area contributed by atoms with E-state index in [0.29, 0.717) is 0 Å². The number of fused-ring (bicyclic) bond motifs is 1. The Hall–Kier alpha value is -4.48. The molecule has 0 saturated heterocycles. The topological polar surface area (TPSA) is 37.2 Å². The highest BCUT2D eigenvalue weighted by atomic mass is 15.3. The molecule has 0 spiro atoms. The van der Waals surface area contributed by atoms with Crippen molar-refractivity contribution in [2.24, 2.45) is 0 Å². The van der Waals surface area contributed by atoms with E-state index in [1.807, 2.05) is 16.9 Å². The van der Waals surface area contributed by atoms with Crippen LogP contribution in [0.4, 0.5) is 0 Å². The summed E-state index contributed by atoms with van der Waals surface area (Å²) in [4.78, 5) is 9.67. The smallest absolute Gasteiger partial charge is 0.0787 e. The fraction of sp³-hybridized carbons (Fsp3) is 0.152. The summed E-state index contributed by atoms with van der Waals surface area (Å²) in [6.07, 6.45) is 7.97. The molecule has 1 aliphatic heterocycles. The normalized spacial score (nSPS) is 12.7. The molecular formula is C33H31N5. The van der Waals surface area contributed by atoms with Gasteiger partial charge in [-0.2, -0.15) is 5.10 Å². The van der Waals surface area contributed by atoms with Crippen molar-refractivity contribution < 1.29 is 0 Å². The molecule has 0 radical (unpaired) electrons. The van der Waals surface area contributed by atoms with Crippen LogP contribution >= 0.6 is 0 Å². The van der Waals surface area contributed by atoms with E-state index in [1.165, 1.54) is 27.8 Å². The minimum absolute atomic E-state index is 0.871. The van der Waals surface area contributed by atoms with Crippen LogP contribution < -0.4 is 0 Å². The van der Waals surface area contributed by atoms with Gasteiger partial charge < -0.3 is 4.90 Å². The van der Waals surface area contributed by atoms with Crippen LogP contribution in [-0.4, -0.2) is 38.7 Å². The van der Waals surface area contributed by atoms with Crippen LogP contribution in [0.15, 0.2) is 110 Å². The van der Waals surface area contributed by atoms with Gasteiger partial charge in [0.2, 0.25) is 0 Å². The van der Waals surface area contributed by atoms with Crippen molar-refractivity contribution in [2.45, 2.75) is 19.6 Å². The molecule has 0 aliphatic carbocycles. The van der Waals surface area contributed by atoms with E-state index in [2.05, 4.69) is 126 Å². The summed E-state index contributed by atoms with van der Waals surface area (Å²) in [7, 11) is 4.26. The largest absolute Gasteiger partial charge is 0.376 e. The maximum Gasteiger partial charge on any atom is 0.0787 e. The molecule has 5 heteroatoms. The Labute approximate surface area is 224 Å². The molecule has 0 saturated carbocycles. The first-order valence-corrected chi connectivity index (χ1v) is 13.0. The number of hydrogen-bond donors (Lipinski definition) is 0. The maximum atomic E-state index is 5.14. The molecule has 0 atom stereocenters. The molecule has 0 N–H and O–H groups in total. The first-order valence-electron chi connectivity index (χ1n) is 13.0. The monoisotopic (exact) mass is 497 g/mol. The predicted octanol–water partition coefficient (Wildman–Crippen LogP) is 6.65. The molecule has 0 bridgehead atoms. The Kier molecular flexibility index (Phi) is 6.59. The van der Waals surface area contributed by atoms with Crippen LogP contribution in [0.5, 0.6) is 0 Å². The Bertz CT molecular complexity index is 1540. The zero-order valence-corrected chi connectivity index (χ0v) is 21.8. The second-order valence-corrected chi connectivity index (χ2v) is 10.0. The molecule has 6 rings (SSSR count). The number of rotatable bonds is 7. The van der Waals surface area contributed by atoms with E-state index >= 15 is 0 Å². The highest BCUT2D eigenvalue weighted by molar-refractivity contribution is 5.82. The summed E-state index contributed by atoms with van der Waals surface area (Å²) in [6, 6.07) is 32.3. The fourth-order valence-corrected chi connectivity index (χ4v) is 5.04. The van der Waals surface area contributed by atoms with E-state index in [9.17, 15) is 0 Å². The van der Waals surface area contributed by atoms with Crippen LogP contribution in [-0.2, 0) is 19.6 Å². The van der Waals surface area contributed by atoms with Gasteiger partial charge in [-0.25, -0.2) is 9.67 Å². The van der Waals surface area contributed by atoms with Crippen molar-refractivity contribution in [3.05, 3.63) is 132 Å². The lowest BCUT2D eigenvalue weighted by Gasteiger charge is -2.22. The summed E-state index contributed by atoms with van der Waals surface area (Å²) >= 11 is 0. The van der Waals surface area contributed by atoms with Gasteiger partial charge >= 0.3 is 0 Å². The molecule has 0 unspecified atom stereocenters. The van der Waals surface area contributed by atoms with Crippen LogP contribution in [0.25, 0.3) is 34.1 Å². The lowest BCUT2D eigenvalue weighted by atomic mass is 9.95. The van der Waals surface area contributed by atoms with Gasteiger partial charge in [0, 0.05) is 56.4 Å². The molecule has 3 heterocycles. The standard InChI is InChI=1S/C33H31N5/c1-36-20-17-32-29(24-36)21-31(27-7-4-3-5-8-27)33(35-32)28-13-9-25(10-14-28)22-37(2)23-26-11-15-30(16-12-26)38-19-6-18-34-38/h3-21H,22-24H2,1-2H3. The average Bonchev–Trinajstić information content (AvgIpc) is 3.49. The molecule has 3 aromatic carbocycles. The summed E-state index contributed by atoms with van der Waals surface area (Å²) in [5, 5.41) is 4.31. The van der Waals surface area contributed by atoms with E-state index < -0.39 is 0 Å². The Morgan fingerprint density at radius 3 is 2.21 bits per heavy atom. The van der Waals surface area contributed by atoms with Crippen molar-refractivity contribution >= 4 is 6.08 Å². The highest BCUT2D eigenvalue weighted by Gasteiger charge is 2.17. The molecule has 188 valence electrons. The Balaban J connectivity index is 1.20. The summed E-state index contributed by atoms with van der Waals surface area (Å²) < 4.78 is 1.88. The second kappa shape index (κ2) is 10.5. The molecule has 2 aromatic heterocycles. The maximum absolute atomic E-state index is 5.14. The van der Waals surface area contributed by atoms with Gasteiger partial charge in [-0.05, 0) is 59.6 Å². The van der Waals surface area contributed by atoms with Crippen LogP contribution in [0.2, 0.25) is 0 Å². The van der Waals surface area contributed by atoms with E-state index in [-0.39, 0.29) is 0 Å². The third-order valence-corrected chi connectivity index (χ3v) is 6.96. The number of pyridine rings is 1. The minimum Gasteiger partial charge on any atom is -0.376 e. The molecule has 0 amide bonds. The van der Waals surface area contributed by atoms with Gasteiger partial charge in [-0.3, -0.25) is 4.90 Å². The van der Waals surface area contributed by atoms with Crippen LogP contribution in [0.3, 0.4) is 0 Å². The van der Waals surface area contributed by atoms with Gasteiger partial charge in [0.25, 0.3) is 0 Å². The molecule has 38 heavy (non-hydrogen) atoms. The summed E-state index contributed by atoms with van der Waals surface area (Å²) in [5.41, 5.74) is 10.5. The van der Waals surface area contributed by atoms with E-state index in [4.69, 9.17) is 4.98 Å². The lowest BCUT2D eigenvalue weighted by Crippen LogP contribution is -2.17. The number of benzene rings is 3. The minimum atomic E-state index is 0.871. The quantitative estimate of drug-likeness (QED) is 0.252. The average molecular weight is 498 g/mol. The SMILES string of the molecule is CN1C=Cc2nc(-c3ccc(CN(C)Cc4ccc(-n5cccn5)cc4)cc3)c(-c3ccccc3)cc2C1. The van der Waals surface area contributed by atoms with Gasteiger partial charge in [-0.1, -0.05) is 66.7 Å². The van der Waals surface area contributed by atoms with Crippen LogP contribution in [0.1, 0.15) is 22.4 Å². The predicted molar refractivity (Wildman–Crippen MR) is 154 cm³/mol. The number of aromatic nitrogens is 3. The van der Waals surface area contributed by atoms with Crippen molar-refractivity contribution in [3.63, 3.8) is 0 Å². The van der Waals surface area contributed by atoms with Crippen molar-refractivity contribution in [1.29, 1.82) is 0 Å². The van der Waals surface area contributed by atoms with Gasteiger partial charge in [-0.15, -0.1) is 0 Å². The number of nitrogens with zero attached hydrogens (tertiary/aromatic N) is 5. The van der Waals surface area contributed by atoms with Crippen molar-refractivity contribution in [1.82, 2.24) is 24.6 Å². The van der Waals surface area contributed by atoms with Crippen LogP contribution in [0, 0.1) is 0 Å². The number of hydrogen-bond acceptors (Lipinski definition) is 4. The second-order valence-electron chi connectivity index (χ2n) is 10.0. The van der Waals surface area contributed by atoms with Crippen molar-refractivity contribution in [2.75, 3.05) is 14.1 Å². The van der Waals surface area contributed by atoms with E-state index in [0.717, 1.165) is 42.3 Å². The van der Waals surface area contributed by atoms with Gasteiger partial charge in [0.1, 0.15) is 0 Å². The first-order chi connectivity index (χ1) is 18.6.